The van der Waals surface area contributed by atoms with Crippen LogP contribution in [0.4, 0.5) is 0 Å². The summed E-state index contributed by atoms with van der Waals surface area (Å²) in [6, 6.07) is 9.74. The Morgan fingerprint density at radius 1 is 1.44 bits per heavy atom. The molecule has 0 amide bonds. The molecule has 3 heteroatoms. The largest absolute Gasteiger partial charge is 0.336 e. The zero-order valence-corrected chi connectivity index (χ0v) is 10.7. The molecule has 1 heterocycles. The Bertz CT molecular complexity index is 504. The maximum absolute atomic E-state index is 4.08. The maximum atomic E-state index is 4.08. The van der Waals surface area contributed by atoms with Crippen LogP contribution in [0.15, 0.2) is 43.0 Å². The number of hydrogen-bond donors (Lipinski definition) is 1. The molecular formula is C15H19N3. The van der Waals surface area contributed by atoms with Crippen molar-refractivity contribution in [2.75, 3.05) is 0 Å². The van der Waals surface area contributed by atoms with Gasteiger partial charge in [0, 0.05) is 31.0 Å². The van der Waals surface area contributed by atoms with Crippen molar-refractivity contribution < 1.29 is 0 Å². The van der Waals surface area contributed by atoms with Crippen molar-refractivity contribution in [1.29, 1.82) is 0 Å². The van der Waals surface area contributed by atoms with Gasteiger partial charge in [-0.05, 0) is 30.9 Å². The van der Waals surface area contributed by atoms with E-state index in [2.05, 4.69) is 46.1 Å². The first kappa shape index (κ1) is 11.5. The van der Waals surface area contributed by atoms with Gasteiger partial charge in [-0.25, -0.2) is 4.98 Å². The lowest BCUT2D eigenvalue weighted by Crippen LogP contribution is -2.32. The topological polar surface area (TPSA) is 29.9 Å². The van der Waals surface area contributed by atoms with Crippen LogP contribution in [0.3, 0.4) is 0 Å². The first-order chi connectivity index (χ1) is 8.83. The van der Waals surface area contributed by atoms with Crippen molar-refractivity contribution in [2.45, 2.75) is 38.4 Å². The number of hydrogen-bond acceptors (Lipinski definition) is 2. The smallest absolute Gasteiger partial charge is 0.0946 e. The molecule has 1 aromatic heterocycles. The van der Waals surface area contributed by atoms with Crippen LogP contribution in [0.2, 0.25) is 0 Å². The van der Waals surface area contributed by atoms with Crippen molar-refractivity contribution in [3.63, 3.8) is 0 Å². The van der Waals surface area contributed by atoms with Crippen LogP contribution < -0.4 is 5.32 Å². The summed E-state index contributed by atoms with van der Waals surface area (Å²) in [4.78, 5) is 4.08. The summed E-state index contributed by atoms with van der Waals surface area (Å²) < 4.78 is 2.12. The van der Waals surface area contributed by atoms with E-state index in [0.717, 1.165) is 6.54 Å². The molecule has 0 radical (unpaired) electrons. The van der Waals surface area contributed by atoms with Crippen LogP contribution in [-0.4, -0.2) is 15.6 Å². The highest BCUT2D eigenvalue weighted by Crippen LogP contribution is 2.30. The molecule has 94 valence electrons. The molecule has 0 aliphatic heterocycles. The van der Waals surface area contributed by atoms with Crippen LogP contribution in [0.5, 0.6) is 0 Å². The van der Waals surface area contributed by atoms with E-state index < -0.39 is 0 Å². The Morgan fingerprint density at radius 2 is 2.33 bits per heavy atom. The lowest BCUT2D eigenvalue weighted by Gasteiger charge is -2.20. The van der Waals surface area contributed by atoms with E-state index in [1.807, 2.05) is 18.7 Å². The molecule has 0 bridgehead atoms. The average molecular weight is 241 g/mol. The second-order valence-electron chi connectivity index (χ2n) is 5.12. The Labute approximate surface area is 108 Å². The third-order valence-corrected chi connectivity index (χ3v) is 3.66. The number of nitrogens with one attached hydrogen (secondary N) is 1. The van der Waals surface area contributed by atoms with Gasteiger partial charge >= 0.3 is 0 Å². The van der Waals surface area contributed by atoms with Gasteiger partial charge in [-0.15, -0.1) is 0 Å². The molecular weight excluding hydrogens is 222 g/mol. The van der Waals surface area contributed by atoms with Crippen LogP contribution >= 0.6 is 0 Å². The average Bonchev–Trinajstić information content (AvgIpc) is 3.00. The third-order valence-electron chi connectivity index (χ3n) is 3.66. The summed E-state index contributed by atoms with van der Waals surface area (Å²) >= 11 is 0. The van der Waals surface area contributed by atoms with Crippen molar-refractivity contribution in [1.82, 2.24) is 14.9 Å². The second kappa shape index (κ2) is 4.94. The molecule has 3 nitrogen and oxygen atoms in total. The van der Waals surface area contributed by atoms with Gasteiger partial charge in [0.1, 0.15) is 0 Å². The monoisotopic (exact) mass is 241 g/mol. The molecule has 18 heavy (non-hydrogen) atoms. The summed E-state index contributed by atoms with van der Waals surface area (Å²) in [6.45, 7) is 3.21. The summed E-state index contributed by atoms with van der Waals surface area (Å²) in [5.74, 6) is 0. The standard InChI is InChI=1S/C15H19N3/c1-12(10-18-9-8-16-11-18)17-15-7-6-13-4-2-3-5-14(13)15/h2-5,8-9,11-12,15,17H,6-7,10H2,1H3. The maximum Gasteiger partial charge on any atom is 0.0946 e. The molecule has 2 aromatic rings. The van der Waals surface area contributed by atoms with Crippen molar-refractivity contribution in [3.8, 4) is 0 Å². The Morgan fingerprint density at radius 3 is 3.17 bits per heavy atom. The Hall–Kier alpha value is -1.61. The number of benzene rings is 1. The molecule has 1 aromatic carbocycles. The number of aromatic nitrogens is 2. The van der Waals surface area contributed by atoms with Gasteiger partial charge in [-0.2, -0.15) is 0 Å². The highest BCUT2D eigenvalue weighted by Gasteiger charge is 2.22. The number of nitrogens with zero attached hydrogens (tertiary/aromatic N) is 2. The van der Waals surface area contributed by atoms with Crippen LogP contribution in [-0.2, 0) is 13.0 Å². The zero-order valence-electron chi connectivity index (χ0n) is 10.7. The third kappa shape index (κ3) is 2.31. The number of fused-ring (bicyclic) bond motifs is 1. The Kier molecular flexibility index (Phi) is 3.15. The van der Waals surface area contributed by atoms with Crippen LogP contribution in [0.25, 0.3) is 0 Å². The SMILES string of the molecule is CC(Cn1ccnc1)NC1CCc2ccccc21. The first-order valence-electron chi connectivity index (χ1n) is 6.62. The van der Waals surface area contributed by atoms with E-state index in [4.69, 9.17) is 0 Å². The van der Waals surface area contributed by atoms with Gasteiger partial charge in [0.15, 0.2) is 0 Å². The number of rotatable bonds is 4. The minimum Gasteiger partial charge on any atom is -0.336 e. The van der Waals surface area contributed by atoms with E-state index in [1.165, 1.54) is 24.0 Å². The zero-order chi connectivity index (χ0) is 12.4. The number of aryl methyl sites for hydroxylation is 1. The molecule has 2 unspecified atom stereocenters. The van der Waals surface area contributed by atoms with E-state index in [1.54, 1.807) is 0 Å². The normalized spacial score (nSPS) is 19.7. The Balaban J connectivity index is 1.64. The summed E-state index contributed by atoms with van der Waals surface area (Å²) in [7, 11) is 0. The highest BCUT2D eigenvalue weighted by atomic mass is 15.1. The van der Waals surface area contributed by atoms with Gasteiger partial charge in [0.25, 0.3) is 0 Å². The fourth-order valence-electron chi connectivity index (χ4n) is 2.84. The molecule has 2 atom stereocenters. The minimum absolute atomic E-state index is 0.454. The van der Waals surface area contributed by atoms with E-state index in [-0.39, 0.29) is 0 Å². The first-order valence-corrected chi connectivity index (χ1v) is 6.62. The molecule has 0 spiro atoms. The summed E-state index contributed by atoms with van der Waals surface area (Å²) in [5.41, 5.74) is 2.99. The van der Waals surface area contributed by atoms with Crippen molar-refractivity contribution in [2.24, 2.45) is 0 Å². The molecule has 0 saturated carbocycles. The van der Waals surface area contributed by atoms with Gasteiger partial charge < -0.3 is 9.88 Å². The fraction of sp³-hybridized carbons (Fsp3) is 0.400. The predicted octanol–water partition coefficient (Wildman–Crippen LogP) is 2.55. The molecule has 1 N–H and O–H groups in total. The minimum atomic E-state index is 0.454. The van der Waals surface area contributed by atoms with Crippen LogP contribution in [0.1, 0.15) is 30.5 Å². The molecule has 3 rings (SSSR count). The van der Waals surface area contributed by atoms with Gasteiger partial charge in [0.2, 0.25) is 0 Å². The summed E-state index contributed by atoms with van der Waals surface area (Å²) in [5, 5.41) is 3.72. The van der Waals surface area contributed by atoms with Gasteiger partial charge in [-0.1, -0.05) is 24.3 Å². The fourth-order valence-corrected chi connectivity index (χ4v) is 2.84. The highest BCUT2D eigenvalue weighted by molar-refractivity contribution is 5.34. The lowest BCUT2D eigenvalue weighted by atomic mass is 10.1. The predicted molar refractivity (Wildman–Crippen MR) is 72.3 cm³/mol. The van der Waals surface area contributed by atoms with Crippen molar-refractivity contribution in [3.05, 3.63) is 54.1 Å². The van der Waals surface area contributed by atoms with E-state index >= 15 is 0 Å². The lowest BCUT2D eigenvalue weighted by molar-refractivity contribution is 0.412. The number of imidazole rings is 1. The molecule has 0 fully saturated rings. The molecule has 0 saturated heterocycles. The second-order valence-corrected chi connectivity index (χ2v) is 5.12. The molecule has 1 aliphatic carbocycles. The van der Waals surface area contributed by atoms with Gasteiger partial charge in [0.05, 0.1) is 6.33 Å². The molecule has 1 aliphatic rings. The van der Waals surface area contributed by atoms with Gasteiger partial charge in [-0.3, -0.25) is 0 Å². The van der Waals surface area contributed by atoms with E-state index in [9.17, 15) is 0 Å². The van der Waals surface area contributed by atoms with Crippen molar-refractivity contribution >= 4 is 0 Å². The summed E-state index contributed by atoms with van der Waals surface area (Å²) in [6.07, 6.45) is 8.14. The van der Waals surface area contributed by atoms with Crippen LogP contribution in [0, 0.1) is 0 Å². The van der Waals surface area contributed by atoms with E-state index in [0.29, 0.717) is 12.1 Å². The quantitative estimate of drug-likeness (QED) is 0.891.